The Morgan fingerprint density at radius 2 is 1.91 bits per heavy atom. The summed E-state index contributed by atoms with van der Waals surface area (Å²) in [5, 5.41) is 19.1. The molecule has 3 amide bonds. The maximum Gasteiger partial charge on any atom is 0.323 e. The first-order valence-electron chi connectivity index (χ1n) is 13.7. The first-order chi connectivity index (χ1) is 20.3. The summed E-state index contributed by atoms with van der Waals surface area (Å²) in [5.41, 5.74) is 1.83. The molecule has 2 aromatic carbocycles. The molecule has 2 heterocycles. The van der Waals surface area contributed by atoms with Crippen LogP contribution in [-0.4, -0.2) is 78.7 Å². The van der Waals surface area contributed by atoms with Gasteiger partial charge in [0.25, 0.3) is 0 Å². The first kappa shape index (κ1) is 31.9. The topological polar surface area (TPSA) is 154 Å². The monoisotopic (exact) mass is 617 g/mol. The number of aryl methyl sites for hydroxylation is 2. The molecular weight excluding hydrogens is 581 g/mol. The number of aliphatic hydroxyl groups excluding tert-OH is 1. The van der Waals surface area contributed by atoms with Gasteiger partial charge in [-0.15, -0.1) is 0 Å². The number of carbonyl (C=O) groups excluding carboxylic acids is 2. The molecule has 3 atom stereocenters. The molecule has 3 N–H and O–H groups in total. The Morgan fingerprint density at radius 3 is 2.53 bits per heavy atom. The summed E-state index contributed by atoms with van der Waals surface area (Å²) in [6.45, 7) is 6.80. The van der Waals surface area contributed by atoms with Gasteiger partial charge in [-0.05, 0) is 63.2 Å². The van der Waals surface area contributed by atoms with Crippen LogP contribution in [0.5, 0.6) is 5.75 Å². The number of hydrogen-bond acceptors (Lipinski definition) is 8. The van der Waals surface area contributed by atoms with Crippen LogP contribution in [-0.2, 0) is 21.2 Å². The van der Waals surface area contributed by atoms with Gasteiger partial charge in [0, 0.05) is 30.8 Å². The van der Waals surface area contributed by atoms with E-state index in [1.54, 1.807) is 43.9 Å². The average molecular weight is 618 g/mol. The molecule has 232 valence electrons. The van der Waals surface area contributed by atoms with Crippen molar-refractivity contribution in [1.82, 2.24) is 14.4 Å². The van der Waals surface area contributed by atoms with Crippen LogP contribution in [0.1, 0.15) is 30.9 Å². The van der Waals surface area contributed by atoms with Gasteiger partial charge < -0.3 is 29.9 Å². The smallest absolute Gasteiger partial charge is 0.323 e. The highest BCUT2D eigenvalue weighted by atomic mass is 32.2. The second-order valence-electron chi connectivity index (χ2n) is 10.7. The number of anilines is 2. The third-order valence-corrected chi connectivity index (χ3v) is 9.24. The molecule has 1 aliphatic heterocycles. The number of rotatable bonds is 8. The Morgan fingerprint density at radius 1 is 1.21 bits per heavy atom. The van der Waals surface area contributed by atoms with Crippen molar-refractivity contribution in [2.45, 2.75) is 51.2 Å². The molecule has 1 aromatic heterocycles. The van der Waals surface area contributed by atoms with Gasteiger partial charge in [0.05, 0.1) is 30.5 Å². The maximum atomic E-state index is 13.5. The summed E-state index contributed by atoms with van der Waals surface area (Å²) < 4.78 is 52.5. The molecule has 12 nitrogen and oxygen atoms in total. The van der Waals surface area contributed by atoms with E-state index < -0.39 is 34.0 Å². The summed E-state index contributed by atoms with van der Waals surface area (Å²) in [4.78, 5) is 27.7. The number of carbonyl (C=O) groups is 2. The van der Waals surface area contributed by atoms with Crippen molar-refractivity contribution in [3.63, 3.8) is 0 Å². The minimum Gasteiger partial charge on any atom is -0.488 e. The zero-order chi connectivity index (χ0) is 31.5. The molecular formula is C29H36FN5O7S. The minimum absolute atomic E-state index is 0.0659. The predicted octanol–water partition coefficient (Wildman–Crippen LogP) is 3.54. The standard InChI is InChI=1S/C29H36FN5O7S/c1-17-14-35(18(2)16-36)27(37)13-21-12-23(31-29(38)32-28-19(3)33-42-20(28)4)8-11-25(21)41-26(17)15-34(5)43(39,40)24-9-6-22(30)7-10-24/h6-12,17-18,26,36H,13-16H2,1-5H3,(H2,31,32,38)/t17-,18-,26+/m1/s1. The van der Waals surface area contributed by atoms with Crippen molar-refractivity contribution >= 4 is 33.3 Å². The Bertz CT molecular complexity index is 1560. The van der Waals surface area contributed by atoms with Crippen molar-refractivity contribution in [3.05, 3.63) is 65.3 Å². The SMILES string of the molecule is Cc1noc(C)c1NC(=O)Nc1ccc2c(c1)CC(=O)N([C@H](C)CO)C[C@@H](C)[C@H](CN(C)S(=O)(=O)c1ccc(F)cc1)O2. The van der Waals surface area contributed by atoms with Crippen molar-refractivity contribution in [3.8, 4) is 5.75 Å². The number of aliphatic hydroxyl groups is 1. The van der Waals surface area contributed by atoms with E-state index in [1.165, 1.54) is 19.2 Å². The van der Waals surface area contributed by atoms with Gasteiger partial charge in [-0.3, -0.25) is 4.79 Å². The number of hydrogen-bond donors (Lipinski definition) is 3. The van der Waals surface area contributed by atoms with Crippen molar-refractivity contribution in [1.29, 1.82) is 0 Å². The lowest BCUT2D eigenvalue weighted by Crippen LogP contribution is -2.48. The van der Waals surface area contributed by atoms with E-state index in [-0.39, 0.29) is 42.8 Å². The number of nitrogens with zero attached hydrogens (tertiary/aromatic N) is 3. The van der Waals surface area contributed by atoms with Gasteiger partial charge in [0.1, 0.15) is 29.1 Å². The number of nitrogens with one attached hydrogen (secondary N) is 2. The summed E-state index contributed by atoms with van der Waals surface area (Å²) in [5.74, 6) is -0.361. The van der Waals surface area contributed by atoms with Crippen LogP contribution < -0.4 is 15.4 Å². The highest BCUT2D eigenvalue weighted by Crippen LogP contribution is 2.30. The second kappa shape index (κ2) is 13.1. The molecule has 0 saturated heterocycles. The van der Waals surface area contributed by atoms with E-state index in [1.807, 2.05) is 6.92 Å². The fraction of sp³-hybridized carbons (Fsp3) is 0.414. The van der Waals surface area contributed by atoms with Crippen molar-refractivity contribution < 1.29 is 36.8 Å². The zero-order valence-electron chi connectivity index (χ0n) is 24.6. The molecule has 0 radical (unpaired) electrons. The molecule has 1 aliphatic rings. The quantitative estimate of drug-likeness (QED) is 0.347. The average Bonchev–Trinajstić information content (AvgIpc) is 3.29. The van der Waals surface area contributed by atoms with E-state index in [9.17, 15) is 27.5 Å². The predicted molar refractivity (Wildman–Crippen MR) is 157 cm³/mol. The van der Waals surface area contributed by atoms with Crippen LogP contribution >= 0.6 is 0 Å². The van der Waals surface area contributed by atoms with Crippen LogP contribution in [0, 0.1) is 25.6 Å². The molecule has 4 rings (SSSR count). The van der Waals surface area contributed by atoms with Crippen LogP contribution in [0.25, 0.3) is 0 Å². The van der Waals surface area contributed by atoms with Crippen LogP contribution in [0.2, 0.25) is 0 Å². The molecule has 0 bridgehead atoms. The fourth-order valence-electron chi connectivity index (χ4n) is 4.80. The number of likely N-dealkylation sites (N-methyl/N-ethyl adjacent to an activating group) is 1. The molecule has 43 heavy (non-hydrogen) atoms. The highest BCUT2D eigenvalue weighted by Gasteiger charge is 2.33. The largest absolute Gasteiger partial charge is 0.488 e. The number of benzene rings is 2. The lowest BCUT2D eigenvalue weighted by Gasteiger charge is -2.33. The van der Waals surface area contributed by atoms with Crippen molar-refractivity contribution in [2.75, 3.05) is 37.4 Å². The van der Waals surface area contributed by atoms with Gasteiger partial charge in [-0.2, -0.15) is 4.31 Å². The summed E-state index contributed by atoms with van der Waals surface area (Å²) in [7, 11) is -2.57. The van der Waals surface area contributed by atoms with E-state index in [0.717, 1.165) is 16.4 Å². The number of fused-ring (bicyclic) bond motifs is 1. The van der Waals surface area contributed by atoms with E-state index >= 15 is 0 Å². The Balaban J connectivity index is 1.62. The van der Waals surface area contributed by atoms with Gasteiger partial charge in [-0.1, -0.05) is 12.1 Å². The molecule has 3 aromatic rings. The molecule has 0 fully saturated rings. The van der Waals surface area contributed by atoms with E-state index in [4.69, 9.17) is 9.26 Å². The molecule has 0 saturated carbocycles. The molecule has 14 heteroatoms. The molecule has 0 aliphatic carbocycles. The van der Waals surface area contributed by atoms with Gasteiger partial charge in [0.15, 0.2) is 5.76 Å². The third kappa shape index (κ3) is 7.32. The summed E-state index contributed by atoms with van der Waals surface area (Å²) >= 11 is 0. The Hall–Kier alpha value is -4.01. The number of aromatic nitrogens is 1. The van der Waals surface area contributed by atoms with E-state index in [2.05, 4.69) is 15.8 Å². The number of urea groups is 1. The number of sulfonamides is 1. The van der Waals surface area contributed by atoms with Gasteiger partial charge >= 0.3 is 6.03 Å². The number of halogens is 1. The molecule has 0 unspecified atom stereocenters. The Kier molecular flexibility index (Phi) is 9.72. The highest BCUT2D eigenvalue weighted by molar-refractivity contribution is 7.89. The summed E-state index contributed by atoms with van der Waals surface area (Å²) in [6.07, 6.45) is -0.788. The van der Waals surface area contributed by atoms with Crippen LogP contribution in [0.4, 0.5) is 20.6 Å². The lowest BCUT2D eigenvalue weighted by molar-refractivity contribution is -0.134. The minimum atomic E-state index is -3.98. The molecule has 0 spiro atoms. The van der Waals surface area contributed by atoms with E-state index in [0.29, 0.717) is 34.1 Å². The van der Waals surface area contributed by atoms with Crippen LogP contribution in [0.15, 0.2) is 51.9 Å². The normalized spacial score (nSPS) is 18.2. The van der Waals surface area contributed by atoms with Gasteiger partial charge in [0.2, 0.25) is 15.9 Å². The number of ether oxygens (including phenoxy) is 1. The maximum absolute atomic E-state index is 13.5. The zero-order valence-corrected chi connectivity index (χ0v) is 25.4. The fourth-order valence-corrected chi connectivity index (χ4v) is 5.98. The third-order valence-electron chi connectivity index (χ3n) is 7.41. The summed E-state index contributed by atoms with van der Waals surface area (Å²) in [6, 6.07) is 8.36. The lowest BCUT2D eigenvalue weighted by atomic mass is 10.0. The second-order valence-corrected chi connectivity index (χ2v) is 12.8. The van der Waals surface area contributed by atoms with Crippen molar-refractivity contribution in [2.24, 2.45) is 5.92 Å². The Labute approximate surface area is 249 Å². The number of amides is 3. The first-order valence-corrected chi connectivity index (χ1v) is 15.2. The van der Waals surface area contributed by atoms with Gasteiger partial charge in [-0.25, -0.2) is 17.6 Å². The van der Waals surface area contributed by atoms with Crippen LogP contribution in [0.3, 0.4) is 0 Å².